The van der Waals surface area contributed by atoms with E-state index >= 15 is 0 Å². The third-order valence-corrected chi connectivity index (χ3v) is 11.4. The zero-order chi connectivity index (χ0) is 43.7. The lowest BCUT2D eigenvalue weighted by Crippen LogP contribution is -2.30. The fraction of sp³-hybridized carbons (Fsp3) is 0.833. The van der Waals surface area contributed by atoms with Crippen molar-refractivity contribution in [2.75, 3.05) is 13.2 Å². The minimum atomic E-state index is -0.773. The number of carbonyl (C=O) groups is 3. The fourth-order valence-corrected chi connectivity index (χ4v) is 7.41. The summed E-state index contributed by atoms with van der Waals surface area (Å²) in [7, 11) is 0. The highest BCUT2D eigenvalue weighted by Gasteiger charge is 2.19. The summed E-state index contributed by atoms with van der Waals surface area (Å²) in [5.74, 6) is -0.879. The van der Waals surface area contributed by atoms with Crippen LogP contribution in [0.1, 0.15) is 271 Å². The second-order valence-electron chi connectivity index (χ2n) is 17.4. The molecule has 0 aromatic carbocycles. The molecule has 0 saturated carbocycles. The SMILES string of the molecule is CCCCC/C=C\C/C=C\CCCCCCCCCCCC(=O)OCC(COC(=O)CCCCCCCCCCCCC)OC(=O)CCCCCCC/C=C\CCCCC. The zero-order valence-electron chi connectivity index (χ0n) is 40.0. The maximum absolute atomic E-state index is 12.8. The van der Waals surface area contributed by atoms with Crippen LogP contribution in [0, 0.1) is 0 Å². The summed E-state index contributed by atoms with van der Waals surface area (Å²) < 4.78 is 16.8. The summed E-state index contributed by atoms with van der Waals surface area (Å²) in [6.07, 6.45) is 57.0. The van der Waals surface area contributed by atoms with Crippen molar-refractivity contribution < 1.29 is 28.6 Å². The lowest BCUT2D eigenvalue weighted by atomic mass is 10.1. The number of hydrogen-bond acceptors (Lipinski definition) is 6. The summed E-state index contributed by atoms with van der Waals surface area (Å²) in [4.78, 5) is 37.9. The molecule has 0 radical (unpaired) electrons. The Hall–Kier alpha value is -2.37. The van der Waals surface area contributed by atoms with Gasteiger partial charge in [-0.05, 0) is 77.0 Å². The lowest BCUT2D eigenvalue weighted by Gasteiger charge is -2.18. The van der Waals surface area contributed by atoms with Crippen LogP contribution in [0.25, 0.3) is 0 Å². The third-order valence-electron chi connectivity index (χ3n) is 11.4. The van der Waals surface area contributed by atoms with Crippen LogP contribution < -0.4 is 0 Å². The van der Waals surface area contributed by atoms with Gasteiger partial charge in [-0.25, -0.2) is 0 Å². The summed E-state index contributed by atoms with van der Waals surface area (Å²) >= 11 is 0. The smallest absolute Gasteiger partial charge is 0.306 e. The Balaban J connectivity index is 4.30. The van der Waals surface area contributed by atoms with Crippen molar-refractivity contribution in [3.8, 4) is 0 Å². The molecule has 0 fully saturated rings. The van der Waals surface area contributed by atoms with Gasteiger partial charge in [0.15, 0.2) is 6.10 Å². The molecule has 0 aliphatic heterocycles. The van der Waals surface area contributed by atoms with Crippen LogP contribution in [0.5, 0.6) is 0 Å². The van der Waals surface area contributed by atoms with Gasteiger partial charge in [0, 0.05) is 19.3 Å². The highest BCUT2D eigenvalue weighted by Crippen LogP contribution is 2.15. The molecule has 6 nitrogen and oxygen atoms in total. The van der Waals surface area contributed by atoms with E-state index in [-0.39, 0.29) is 31.1 Å². The Kier molecular flexibility index (Phi) is 47.3. The van der Waals surface area contributed by atoms with Gasteiger partial charge < -0.3 is 14.2 Å². The van der Waals surface area contributed by atoms with Crippen LogP contribution in [0.2, 0.25) is 0 Å². The predicted molar refractivity (Wildman–Crippen MR) is 256 cm³/mol. The number of carbonyl (C=O) groups excluding carboxylic acids is 3. The molecule has 1 unspecified atom stereocenters. The van der Waals surface area contributed by atoms with Crippen molar-refractivity contribution in [1.82, 2.24) is 0 Å². The quantitative estimate of drug-likeness (QED) is 0.0263. The zero-order valence-corrected chi connectivity index (χ0v) is 40.0. The van der Waals surface area contributed by atoms with E-state index in [1.165, 1.54) is 154 Å². The Morgan fingerprint density at radius 2 is 0.600 bits per heavy atom. The first-order valence-corrected chi connectivity index (χ1v) is 26.0. The van der Waals surface area contributed by atoms with Gasteiger partial charge in [0.2, 0.25) is 0 Å². The molecule has 0 bridgehead atoms. The number of hydrogen-bond donors (Lipinski definition) is 0. The van der Waals surface area contributed by atoms with E-state index in [0.29, 0.717) is 19.3 Å². The maximum atomic E-state index is 12.8. The molecule has 0 heterocycles. The summed E-state index contributed by atoms with van der Waals surface area (Å²) in [6, 6.07) is 0. The van der Waals surface area contributed by atoms with Gasteiger partial charge in [-0.1, -0.05) is 211 Å². The molecule has 350 valence electrons. The largest absolute Gasteiger partial charge is 0.462 e. The van der Waals surface area contributed by atoms with Crippen molar-refractivity contribution in [1.29, 1.82) is 0 Å². The average molecular weight is 843 g/mol. The Bertz CT molecular complexity index is 1020. The number of ether oxygens (including phenoxy) is 3. The van der Waals surface area contributed by atoms with E-state index in [0.717, 1.165) is 77.0 Å². The van der Waals surface area contributed by atoms with E-state index in [4.69, 9.17) is 14.2 Å². The van der Waals surface area contributed by atoms with E-state index in [2.05, 4.69) is 57.2 Å². The van der Waals surface area contributed by atoms with Crippen LogP contribution in [-0.4, -0.2) is 37.2 Å². The molecule has 0 spiro atoms. The molecule has 0 aromatic heterocycles. The first-order chi connectivity index (χ1) is 29.5. The van der Waals surface area contributed by atoms with Crippen LogP contribution in [0.15, 0.2) is 36.5 Å². The van der Waals surface area contributed by atoms with Crippen LogP contribution in [-0.2, 0) is 28.6 Å². The molecule has 60 heavy (non-hydrogen) atoms. The van der Waals surface area contributed by atoms with Crippen molar-refractivity contribution in [2.45, 2.75) is 277 Å². The molecule has 0 N–H and O–H groups in total. The molecule has 0 saturated heterocycles. The van der Waals surface area contributed by atoms with Crippen molar-refractivity contribution in [3.05, 3.63) is 36.5 Å². The first-order valence-electron chi connectivity index (χ1n) is 26.0. The molecular formula is C54H98O6. The second kappa shape index (κ2) is 49.3. The fourth-order valence-electron chi connectivity index (χ4n) is 7.41. The monoisotopic (exact) mass is 843 g/mol. The maximum Gasteiger partial charge on any atom is 0.306 e. The van der Waals surface area contributed by atoms with Gasteiger partial charge in [-0.15, -0.1) is 0 Å². The number of allylic oxidation sites excluding steroid dienone is 6. The van der Waals surface area contributed by atoms with Crippen molar-refractivity contribution >= 4 is 17.9 Å². The van der Waals surface area contributed by atoms with Crippen molar-refractivity contribution in [2.24, 2.45) is 0 Å². The molecular weight excluding hydrogens is 745 g/mol. The topological polar surface area (TPSA) is 78.9 Å². The Morgan fingerprint density at radius 3 is 0.967 bits per heavy atom. The first kappa shape index (κ1) is 57.6. The van der Waals surface area contributed by atoms with Crippen LogP contribution in [0.3, 0.4) is 0 Å². The number of unbranched alkanes of at least 4 members (excludes halogenated alkanes) is 30. The number of rotatable bonds is 47. The van der Waals surface area contributed by atoms with Gasteiger partial charge in [-0.3, -0.25) is 14.4 Å². The molecule has 0 aromatic rings. The highest BCUT2D eigenvalue weighted by atomic mass is 16.6. The van der Waals surface area contributed by atoms with Gasteiger partial charge in [0.05, 0.1) is 0 Å². The van der Waals surface area contributed by atoms with E-state index in [1.807, 2.05) is 0 Å². The number of esters is 3. The summed E-state index contributed by atoms with van der Waals surface area (Å²) in [5, 5.41) is 0. The molecule has 0 amide bonds. The van der Waals surface area contributed by atoms with Gasteiger partial charge in [0.25, 0.3) is 0 Å². The highest BCUT2D eigenvalue weighted by molar-refractivity contribution is 5.71. The third kappa shape index (κ3) is 46.7. The van der Waals surface area contributed by atoms with E-state index in [9.17, 15) is 14.4 Å². The Morgan fingerprint density at radius 1 is 0.333 bits per heavy atom. The van der Waals surface area contributed by atoms with E-state index in [1.54, 1.807) is 0 Å². The normalized spacial score (nSPS) is 12.2. The standard InChI is InChI=1S/C54H98O6/c1-4-7-10-13-16-19-22-24-25-26-27-28-29-30-33-35-38-41-44-47-53(56)59-50-51(49-58-52(55)46-43-40-37-34-31-21-18-15-12-9-6-3)60-54(57)48-45-42-39-36-32-23-20-17-14-11-8-5-2/h16-17,19-20,24-25,51H,4-15,18,21-23,26-50H2,1-3H3/b19-16-,20-17-,25-24-. The molecule has 0 aliphatic rings. The summed E-state index contributed by atoms with van der Waals surface area (Å²) in [6.45, 7) is 6.59. The molecule has 0 aliphatic carbocycles. The van der Waals surface area contributed by atoms with Crippen LogP contribution in [0.4, 0.5) is 0 Å². The van der Waals surface area contributed by atoms with E-state index < -0.39 is 6.10 Å². The van der Waals surface area contributed by atoms with Crippen LogP contribution >= 0.6 is 0 Å². The van der Waals surface area contributed by atoms with Gasteiger partial charge >= 0.3 is 17.9 Å². The second-order valence-corrected chi connectivity index (χ2v) is 17.4. The predicted octanol–water partition coefficient (Wildman–Crippen LogP) is 16.9. The summed E-state index contributed by atoms with van der Waals surface area (Å²) in [5.41, 5.74) is 0. The molecule has 6 heteroatoms. The van der Waals surface area contributed by atoms with Gasteiger partial charge in [0.1, 0.15) is 13.2 Å². The van der Waals surface area contributed by atoms with Gasteiger partial charge in [-0.2, -0.15) is 0 Å². The lowest BCUT2D eigenvalue weighted by molar-refractivity contribution is -0.167. The minimum absolute atomic E-state index is 0.0740. The molecule has 0 rings (SSSR count). The Labute approximate surface area is 372 Å². The van der Waals surface area contributed by atoms with Crippen molar-refractivity contribution in [3.63, 3.8) is 0 Å². The molecule has 1 atom stereocenters. The average Bonchev–Trinajstić information content (AvgIpc) is 3.24. The minimum Gasteiger partial charge on any atom is -0.462 e.